The Morgan fingerprint density at radius 1 is 1.07 bits per heavy atom. The third-order valence-electron chi connectivity index (χ3n) is 9.80. The maximum atomic E-state index is 14.3. The molecule has 2 aromatic carbocycles. The van der Waals surface area contributed by atoms with Crippen LogP contribution in [0.15, 0.2) is 73.1 Å². The van der Waals surface area contributed by atoms with Gasteiger partial charge in [0.2, 0.25) is 11.8 Å². The minimum absolute atomic E-state index is 0.0327. The zero-order valence-corrected chi connectivity index (χ0v) is 26.4. The van der Waals surface area contributed by atoms with Gasteiger partial charge in [0.1, 0.15) is 5.54 Å². The van der Waals surface area contributed by atoms with Crippen molar-refractivity contribution in [2.45, 2.75) is 59.0 Å². The number of morpholine rings is 1. The molecule has 230 valence electrons. The van der Waals surface area contributed by atoms with E-state index in [2.05, 4.69) is 59.2 Å². The molecule has 6 rings (SSSR count). The number of fused-ring (bicyclic) bond motifs is 1. The van der Waals surface area contributed by atoms with E-state index in [1.807, 2.05) is 56.3 Å². The van der Waals surface area contributed by atoms with Crippen LogP contribution in [0.3, 0.4) is 0 Å². The first kappa shape index (κ1) is 29.9. The van der Waals surface area contributed by atoms with Crippen LogP contribution in [0.1, 0.15) is 56.9 Å². The second-order valence-corrected chi connectivity index (χ2v) is 13.3. The number of nitrogens with one attached hydrogen (secondary N) is 2. The highest BCUT2D eigenvalue weighted by molar-refractivity contribution is 6.00. The number of carbonyl (C=O) groups is 2. The van der Waals surface area contributed by atoms with Gasteiger partial charge in [0.05, 0.1) is 13.2 Å². The smallest absolute Gasteiger partial charge is 0.249 e. The lowest BCUT2D eigenvalue weighted by atomic mass is 9.98. The molecule has 2 aromatic heterocycles. The molecular formula is C36H43N5O3. The zero-order chi connectivity index (χ0) is 31.1. The van der Waals surface area contributed by atoms with Crippen molar-refractivity contribution in [3.63, 3.8) is 0 Å². The molecule has 0 bridgehead atoms. The van der Waals surface area contributed by atoms with Crippen LogP contribution in [0.25, 0.3) is 10.9 Å². The van der Waals surface area contributed by atoms with Crippen LogP contribution in [-0.4, -0.2) is 58.5 Å². The zero-order valence-electron chi connectivity index (χ0n) is 26.4. The standard InChI is InChI=1S/C36H43N5O3/c1-24-32(28-10-6-7-11-30(28)38-24)33-29(35(33,2)3)21-31(42)41(23-25-9-8-16-37-22-25)36(4,5)34(43)39-26-12-14-27(15-13-26)40-17-19-44-20-18-40/h6-16,22,29,33,38H,17-21,23H2,1-5H3,(H,39,43)/t29-,33+/m1/s1. The fourth-order valence-electron chi connectivity index (χ4n) is 6.95. The van der Waals surface area contributed by atoms with Gasteiger partial charge in [-0.1, -0.05) is 38.1 Å². The molecule has 3 heterocycles. The number of aryl methyl sites for hydroxylation is 1. The van der Waals surface area contributed by atoms with Gasteiger partial charge in [-0.3, -0.25) is 14.6 Å². The van der Waals surface area contributed by atoms with Crippen molar-refractivity contribution in [1.29, 1.82) is 0 Å². The molecule has 4 aromatic rings. The van der Waals surface area contributed by atoms with E-state index in [9.17, 15) is 9.59 Å². The molecule has 8 heteroatoms. The Morgan fingerprint density at radius 3 is 2.50 bits per heavy atom. The van der Waals surface area contributed by atoms with Gasteiger partial charge in [0, 0.05) is 66.4 Å². The van der Waals surface area contributed by atoms with Gasteiger partial charge >= 0.3 is 0 Å². The maximum absolute atomic E-state index is 14.3. The van der Waals surface area contributed by atoms with Crippen LogP contribution in [0.5, 0.6) is 0 Å². The number of aromatic amines is 1. The average Bonchev–Trinajstić information content (AvgIpc) is 3.37. The Bertz CT molecular complexity index is 1640. The fourth-order valence-corrected chi connectivity index (χ4v) is 6.95. The summed E-state index contributed by atoms with van der Waals surface area (Å²) < 4.78 is 5.47. The van der Waals surface area contributed by atoms with Crippen molar-refractivity contribution in [2.75, 3.05) is 36.5 Å². The summed E-state index contributed by atoms with van der Waals surface area (Å²) in [6.45, 7) is 13.7. The predicted octanol–water partition coefficient (Wildman–Crippen LogP) is 6.28. The molecule has 1 saturated heterocycles. The van der Waals surface area contributed by atoms with Gasteiger partial charge in [0.25, 0.3) is 0 Å². The Balaban J connectivity index is 1.22. The molecule has 1 aliphatic carbocycles. The van der Waals surface area contributed by atoms with Gasteiger partial charge in [-0.25, -0.2) is 0 Å². The van der Waals surface area contributed by atoms with Crippen molar-refractivity contribution >= 4 is 34.1 Å². The lowest BCUT2D eigenvalue weighted by Gasteiger charge is -2.37. The van der Waals surface area contributed by atoms with Gasteiger partial charge in [-0.15, -0.1) is 0 Å². The number of amides is 2. The highest BCUT2D eigenvalue weighted by Crippen LogP contribution is 2.67. The topological polar surface area (TPSA) is 90.6 Å². The first-order valence-corrected chi connectivity index (χ1v) is 15.6. The van der Waals surface area contributed by atoms with Gasteiger partial charge in [-0.2, -0.15) is 0 Å². The Morgan fingerprint density at radius 2 is 1.80 bits per heavy atom. The first-order valence-electron chi connectivity index (χ1n) is 15.6. The molecule has 8 nitrogen and oxygen atoms in total. The molecular weight excluding hydrogens is 550 g/mol. The highest BCUT2D eigenvalue weighted by atomic mass is 16.5. The molecule has 44 heavy (non-hydrogen) atoms. The monoisotopic (exact) mass is 593 g/mol. The van der Waals surface area contributed by atoms with E-state index in [-0.39, 0.29) is 29.1 Å². The molecule has 1 aliphatic heterocycles. The minimum atomic E-state index is -1.11. The van der Waals surface area contributed by atoms with Crippen molar-refractivity contribution in [3.05, 3.63) is 89.9 Å². The van der Waals surface area contributed by atoms with Crippen LogP contribution in [0.2, 0.25) is 0 Å². The van der Waals surface area contributed by atoms with Gasteiger partial charge in [0.15, 0.2) is 0 Å². The summed E-state index contributed by atoms with van der Waals surface area (Å²) in [6.07, 6.45) is 3.84. The predicted molar refractivity (Wildman–Crippen MR) is 175 cm³/mol. The number of pyridine rings is 1. The number of nitrogens with zero attached hydrogens (tertiary/aromatic N) is 3. The maximum Gasteiger partial charge on any atom is 0.249 e. The second kappa shape index (κ2) is 11.7. The van der Waals surface area contributed by atoms with Crippen molar-refractivity contribution in [1.82, 2.24) is 14.9 Å². The molecule has 2 amide bonds. The largest absolute Gasteiger partial charge is 0.378 e. The third-order valence-corrected chi connectivity index (χ3v) is 9.80. The number of carbonyl (C=O) groups excluding carboxylic acids is 2. The number of rotatable bonds is 9. The number of aromatic nitrogens is 2. The molecule has 0 radical (unpaired) electrons. The first-order chi connectivity index (χ1) is 21.1. The lowest BCUT2D eigenvalue weighted by molar-refractivity contribution is -0.145. The summed E-state index contributed by atoms with van der Waals surface area (Å²) in [5.74, 6) is 0.156. The second-order valence-electron chi connectivity index (χ2n) is 13.3. The summed E-state index contributed by atoms with van der Waals surface area (Å²) in [5, 5.41) is 4.31. The summed E-state index contributed by atoms with van der Waals surface area (Å²) in [7, 11) is 0. The Labute approximate surface area is 259 Å². The minimum Gasteiger partial charge on any atom is -0.378 e. The molecule has 2 aliphatic rings. The molecule has 2 atom stereocenters. The molecule has 0 spiro atoms. The normalized spacial score (nSPS) is 19.5. The molecule has 0 unspecified atom stereocenters. The number of para-hydroxylation sites is 1. The summed E-state index contributed by atoms with van der Waals surface area (Å²) in [6, 6.07) is 20.1. The van der Waals surface area contributed by atoms with Crippen molar-refractivity contribution in [2.24, 2.45) is 11.3 Å². The average molecular weight is 594 g/mol. The van der Waals surface area contributed by atoms with E-state index < -0.39 is 5.54 Å². The van der Waals surface area contributed by atoms with Gasteiger partial charge in [-0.05, 0) is 85.5 Å². The van der Waals surface area contributed by atoms with E-state index in [0.29, 0.717) is 31.9 Å². The van der Waals surface area contributed by atoms with Crippen LogP contribution in [-0.2, 0) is 20.9 Å². The third kappa shape index (κ3) is 5.71. The summed E-state index contributed by atoms with van der Waals surface area (Å²) >= 11 is 0. The van der Waals surface area contributed by atoms with E-state index in [4.69, 9.17) is 4.74 Å². The van der Waals surface area contributed by atoms with Crippen LogP contribution in [0, 0.1) is 18.3 Å². The van der Waals surface area contributed by atoms with Crippen molar-refractivity contribution in [3.8, 4) is 0 Å². The van der Waals surface area contributed by atoms with E-state index in [0.717, 1.165) is 35.6 Å². The number of benzene rings is 2. The van der Waals surface area contributed by atoms with E-state index in [1.165, 1.54) is 10.9 Å². The quantitative estimate of drug-likeness (QED) is 0.238. The molecule has 1 saturated carbocycles. The number of anilines is 2. The summed E-state index contributed by atoms with van der Waals surface area (Å²) in [4.78, 5) is 40.0. The lowest BCUT2D eigenvalue weighted by Crippen LogP contribution is -2.54. The highest BCUT2D eigenvalue weighted by Gasteiger charge is 2.60. The van der Waals surface area contributed by atoms with Crippen LogP contribution < -0.4 is 10.2 Å². The van der Waals surface area contributed by atoms with E-state index >= 15 is 0 Å². The van der Waals surface area contributed by atoms with Gasteiger partial charge < -0.3 is 24.8 Å². The molecule has 2 N–H and O–H groups in total. The number of hydrogen-bond donors (Lipinski definition) is 2. The van der Waals surface area contributed by atoms with Crippen LogP contribution >= 0.6 is 0 Å². The molecule has 2 fully saturated rings. The summed E-state index contributed by atoms with van der Waals surface area (Å²) in [5.41, 5.74) is 5.13. The van der Waals surface area contributed by atoms with Crippen molar-refractivity contribution < 1.29 is 14.3 Å². The Kier molecular flexibility index (Phi) is 7.97. The fraction of sp³-hybridized carbons (Fsp3) is 0.417. The van der Waals surface area contributed by atoms with Crippen LogP contribution in [0.4, 0.5) is 11.4 Å². The Hall–Kier alpha value is -4.17. The van der Waals surface area contributed by atoms with E-state index in [1.54, 1.807) is 17.3 Å². The number of H-pyrrole nitrogens is 1. The number of hydrogen-bond acceptors (Lipinski definition) is 5. The SMILES string of the molecule is Cc1[nH]c2ccccc2c1[C@@H]1[C@@H](CC(=O)N(Cc2cccnc2)C(C)(C)C(=O)Nc2ccc(N3CCOCC3)cc2)C1(C)C. The number of ether oxygens (including phenoxy) is 1.